The van der Waals surface area contributed by atoms with Crippen molar-refractivity contribution < 1.29 is 9.50 Å². The maximum Gasteiger partial charge on any atom is 0.141 e. The van der Waals surface area contributed by atoms with Crippen molar-refractivity contribution in [2.45, 2.75) is 6.04 Å². The van der Waals surface area contributed by atoms with Gasteiger partial charge < -0.3 is 10.8 Å². The summed E-state index contributed by atoms with van der Waals surface area (Å²) in [6.07, 6.45) is 2.53. The highest BCUT2D eigenvalue weighted by molar-refractivity contribution is 5.14. The third-order valence-corrected chi connectivity index (χ3v) is 1.35. The van der Waals surface area contributed by atoms with Crippen LogP contribution in [0.5, 0.6) is 0 Å². The zero-order valence-corrected chi connectivity index (χ0v) is 5.87. The standard InChI is InChI=1S/C7H9FN2O/c8-6-1-5(2-10-3-6)7(9)4-11/h1-3,7,11H,4,9H2/t7-/m0/s1. The minimum absolute atomic E-state index is 0.203. The monoisotopic (exact) mass is 156 g/mol. The lowest BCUT2D eigenvalue weighted by molar-refractivity contribution is 0.267. The molecule has 0 saturated heterocycles. The molecule has 1 aromatic rings. The largest absolute Gasteiger partial charge is 0.394 e. The van der Waals surface area contributed by atoms with Crippen LogP contribution in [0.3, 0.4) is 0 Å². The molecule has 0 radical (unpaired) electrons. The van der Waals surface area contributed by atoms with E-state index in [0.717, 1.165) is 6.20 Å². The van der Waals surface area contributed by atoms with Crippen LogP contribution in [-0.2, 0) is 0 Å². The molecule has 11 heavy (non-hydrogen) atoms. The van der Waals surface area contributed by atoms with Gasteiger partial charge >= 0.3 is 0 Å². The molecule has 1 aromatic heterocycles. The fraction of sp³-hybridized carbons (Fsp3) is 0.286. The van der Waals surface area contributed by atoms with Crippen molar-refractivity contribution in [3.8, 4) is 0 Å². The van der Waals surface area contributed by atoms with Crippen LogP contribution in [-0.4, -0.2) is 16.7 Å². The molecule has 0 bridgehead atoms. The topological polar surface area (TPSA) is 59.1 Å². The summed E-state index contributed by atoms with van der Waals surface area (Å²) in [5.74, 6) is -0.439. The molecule has 0 fully saturated rings. The SMILES string of the molecule is N[C@@H](CO)c1cncc(F)c1. The fourth-order valence-electron chi connectivity index (χ4n) is 0.736. The van der Waals surface area contributed by atoms with Gasteiger partial charge in [0.05, 0.1) is 18.8 Å². The van der Waals surface area contributed by atoms with Gasteiger partial charge in [0.25, 0.3) is 0 Å². The first-order valence-corrected chi connectivity index (χ1v) is 3.21. The van der Waals surface area contributed by atoms with E-state index in [9.17, 15) is 4.39 Å². The van der Waals surface area contributed by atoms with E-state index >= 15 is 0 Å². The molecule has 0 aliphatic rings. The summed E-state index contributed by atoms with van der Waals surface area (Å²) in [6.45, 7) is -0.203. The van der Waals surface area contributed by atoms with E-state index in [0.29, 0.717) is 5.56 Å². The Hall–Kier alpha value is -1.00. The molecule has 1 heterocycles. The summed E-state index contributed by atoms with van der Waals surface area (Å²) in [7, 11) is 0. The Morgan fingerprint density at radius 1 is 1.64 bits per heavy atom. The third-order valence-electron chi connectivity index (χ3n) is 1.35. The minimum atomic E-state index is -0.543. The van der Waals surface area contributed by atoms with Gasteiger partial charge in [-0.2, -0.15) is 0 Å². The first-order chi connectivity index (χ1) is 5.24. The first kappa shape index (κ1) is 8.10. The van der Waals surface area contributed by atoms with Gasteiger partial charge in [0.1, 0.15) is 5.82 Å². The molecular formula is C7H9FN2O. The first-order valence-electron chi connectivity index (χ1n) is 3.21. The molecule has 1 rings (SSSR count). The van der Waals surface area contributed by atoms with Crippen molar-refractivity contribution in [3.63, 3.8) is 0 Å². The molecule has 3 nitrogen and oxygen atoms in total. The second kappa shape index (κ2) is 3.41. The predicted molar refractivity (Wildman–Crippen MR) is 38.2 cm³/mol. The number of aliphatic hydroxyl groups is 1. The summed E-state index contributed by atoms with van der Waals surface area (Å²) in [5.41, 5.74) is 5.91. The lowest BCUT2D eigenvalue weighted by Gasteiger charge is -2.06. The highest BCUT2D eigenvalue weighted by Crippen LogP contribution is 2.08. The number of nitrogens with zero attached hydrogens (tertiary/aromatic N) is 1. The summed E-state index contributed by atoms with van der Waals surface area (Å²) in [5, 5.41) is 8.60. The minimum Gasteiger partial charge on any atom is -0.394 e. The fourth-order valence-corrected chi connectivity index (χ4v) is 0.736. The maximum atomic E-state index is 12.5. The van der Waals surface area contributed by atoms with Crippen molar-refractivity contribution >= 4 is 0 Å². The summed E-state index contributed by atoms with van der Waals surface area (Å²) in [4.78, 5) is 3.59. The Kier molecular flexibility index (Phi) is 2.51. The van der Waals surface area contributed by atoms with Gasteiger partial charge in [-0.15, -0.1) is 0 Å². The van der Waals surface area contributed by atoms with Crippen molar-refractivity contribution in [2.75, 3.05) is 6.61 Å². The lowest BCUT2D eigenvalue weighted by Crippen LogP contribution is -2.14. The second-order valence-corrected chi connectivity index (χ2v) is 2.23. The molecule has 0 aromatic carbocycles. The van der Waals surface area contributed by atoms with Crippen LogP contribution in [0, 0.1) is 5.82 Å². The van der Waals surface area contributed by atoms with Crippen LogP contribution in [0.2, 0.25) is 0 Å². The van der Waals surface area contributed by atoms with Gasteiger partial charge in [0.2, 0.25) is 0 Å². The number of halogens is 1. The van der Waals surface area contributed by atoms with Crippen molar-refractivity contribution in [3.05, 3.63) is 29.8 Å². The Labute approximate surface area is 63.7 Å². The zero-order valence-electron chi connectivity index (χ0n) is 5.87. The Morgan fingerprint density at radius 3 is 2.91 bits per heavy atom. The molecule has 0 unspecified atom stereocenters. The molecule has 0 spiro atoms. The summed E-state index contributed by atoms with van der Waals surface area (Å²) in [6, 6.07) is 0.714. The maximum absolute atomic E-state index is 12.5. The van der Waals surface area contributed by atoms with Gasteiger partial charge in [-0.1, -0.05) is 0 Å². The van der Waals surface area contributed by atoms with Crippen LogP contribution in [0.15, 0.2) is 18.5 Å². The number of hydrogen-bond donors (Lipinski definition) is 2. The van der Waals surface area contributed by atoms with Crippen molar-refractivity contribution in [2.24, 2.45) is 5.73 Å². The zero-order chi connectivity index (χ0) is 8.27. The smallest absolute Gasteiger partial charge is 0.141 e. The highest BCUT2D eigenvalue weighted by Gasteiger charge is 2.04. The van der Waals surface area contributed by atoms with Crippen LogP contribution in [0.1, 0.15) is 11.6 Å². The number of hydrogen-bond acceptors (Lipinski definition) is 3. The number of nitrogens with two attached hydrogens (primary N) is 1. The second-order valence-electron chi connectivity index (χ2n) is 2.23. The molecule has 0 aliphatic heterocycles. The lowest BCUT2D eigenvalue weighted by atomic mass is 10.1. The van der Waals surface area contributed by atoms with E-state index in [2.05, 4.69) is 4.98 Å². The molecule has 0 amide bonds. The van der Waals surface area contributed by atoms with Gasteiger partial charge in [0, 0.05) is 6.20 Å². The number of aliphatic hydroxyl groups excluding tert-OH is 1. The molecule has 3 N–H and O–H groups in total. The highest BCUT2D eigenvalue weighted by atomic mass is 19.1. The van der Waals surface area contributed by atoms with E-state index in [1.807, 2.05) is 0 Å². The van der Waals surface area contributed by atoms with Gasteiger partial charge in [-0.25, -0.2) is 4.39 Å². The molecule has 60 valence electrons. The van der Waals surface area contributed by atoms with Gasteiger partial charge in [-0.3, -0.25) is 4.98 Å². The van der Waals surface area contributed by atoms with E-state index in [-0.39, 0.29) is 6.61 Å². The van der Waals surface area contributed by atoms with Crippen LogP contribution >= 0.6 is 0 Å². The number of pyridine rings is 1. The van der Waals surface area contributed by atoms with Crippen LogP contribution in [0.4, 0.5) is 4.39 Å². The number of rotatable bonds is 2. The van der Waals surface area contributed by atoms with E-state index in [4.69, 9.17) is 10.8 Å². The molecule has 4 heteroatoms. The molecule has 0 aliphatic carbocycles. The predicted octanol–water partition coefficient (Wildman–Crippen LogP) is 0.213. The average molecular weight is 156 g/mol. The van der Waals surface area contributed by atoms with E-state index < -0.39 is 11.9 Å². The molecular weight excluding hydrogens is 147 g/mol. The average Bonchev–Trinajstić information content (AvgIpc) is 2.03. The van der Waals surface area contributed by atoms with E-state index in [1.165, 1.54) is 12.3 Å². The third kappa shape index (κ3) is 1.96. The van der Waals surface area contributed by atoms with E-state index in [1.54, 1.807) is 0 Å². The van der Waals surface area contributed by atoms with Crippen LogP contribution < -0.4 is 5.73 Å². The Morgan fingerprint density at radius 2 is 2.36 bits per heavy atom. The van der Waals surface area contributed by atoms with Crippen molar-refractivity contribution in [1.82, 2.24) is 4.98 Å². The summed E-state index contributed by atoms with van der Waals surface area (Å²) >= 11 is 0. The number of aromatic nitrogens is 1. The Bertz CT molecular complexity index is 242. The Balaban J connectivity index is 2.86. The van der Waals surface area contributed by atoms with Gasteiger partial charge in [0.15, 0.2) is 0 Å². The molecule has 0 saturated carbocycles. The summed E-state index contributed by atoms with van der Waals surface area (Å²) < 4.78 is 12.5. The van der Waals surface area contributed by atoms with Crippen molar-refractivity contribution in [1.29, 1.82) is 0 Å². The van der Waals surface area contributed by atoms with Gasteiger partial charge in [-0.05, 0) is 11.6 Å². The quantitative estimate of drug-likeness (QED) is 0.643. The normalized spacial score (nSPS) is 13.0. The van der Waals surface area contributed by atoms with Crippen LogP contribution in [0.25, 0.3) is 0 Å². The molecule has 1 atom stereocenters.